The molecule has 0 unspecified atom stereocenters. The first kappa shape index (κ1) is 12.3. The van der Waals surface area contributed by atoms with Gasteiger partial charge in [0, 0.05) is 24.8 Å². The van der Waals surface area contributed by atoms with Gasteiger partial charge in [0.1, 0.15) is 11.6 Å². The van der Waals surface area contributed by atoms with Gasteiger partial charge in [-0.2, -0.15) is 5.26 Å². The highest BCUT2D eigenvalue weighted by Crippen LogP contribution is 2.26. The van der Waals surface area contributed by atoms with Gasteiger partial charge in [0.25, 0.3) is 5.69 Å². The van der Waals surface area contributed by atoms with Gasteiger partial charge in [-0.15, -0.1) is 0 Å². The topological polar surface area (TPSA) is 90.4 Å². The zero-order valence-corrected chi connectivity index (χ0v) is 9.74. The summed E-state index contributed by atoms with van der Waals surface area (Å²) in [7, 11) is 0. The van der Waals surface area contributed by atoms with Crippen molar-refractivity contribution in [1.82, 2.24) is 0 Å². The Morgan fingerprint density at radius 2 is 2.33 bits per heavy atom. The van der Waals surface area contributed by atoms with Crippen LogP contribution in [0.3, 0.4) is 0 Å². The van der Waals surface area contributed by atoms with E-state index in [1.807, 2.05) is 11.0 Å². The molecule has 1 atom stereocenters. The fourth-order valence-electron chi connectivity index (χ4n) is 2.16. The van der Waals surface area contributed by atoms with Crippen molar-refractivity contribution in [3.8, 4) is 6.07 Å². The number of piperidine rings is 1. The Labute approximate surface area is 104 Å². The van der Waals surface area contributed by atoms with E-state index in [2.05, 4.69) is 0 Å². The van der Waals surface area contributed by atoms with Gasteiger partial charge in [-0.3, -0.25) is 10.1 Å². The number of rotatable bonds is 2. The average Bonchev–Trinajstić information content (AvgIpc) is 2.37. The Morgan fingerprint density at radius 3 is 2.94 bits per heavy atom. The Morgan fingerprint density at radius 1 is 1.56 bits per heavy atom. The molecule has 1 saturated heterocycles. The lowest BCUT2D eigenvalue weighted by Crippen LogP contribution is -2.38. The van der Waals surface area contributed by atoms with Crippen LogP contribution in [0.1, 0.15) is 18.4 Å². The van der Waals surface area contributed by atoms with Crippen LogP contribution in [0.25, 0.3) is 0 Å². The minimum atomic E-state index is -0.562. The van der Waals surface area contributed by atoms with Crippen LogP contribution in [-0.2, 0) is 0 Å². The minimum Gasteiger partial charge on any atom is -0.391 e. The summed E-state index contributed by atoms with van der Waals surface area (Å²) < 4.78 is 0. The summed E-state index contributed by atoms with van der Waals surface area (Å²) in [6.45, 7) is 1.29. The third kappa shape index (κ3) is 2.41. The van der Waals surface area contributed by atoms with Gasteiger partial charge in [-0.1, -0.05) is 0 Å². The zero-order chi connectivity index (χ0) is 13.1. The fourth-order valence-corrected chi connectivity index (χ4v) is 2.16. The number of aliphatic hydroxyl groups is 1. The van der Waals surface area contributed by atoms with Gasteiger partial charge in [0.15, 0.2) is 0 Å². The second kappa shape index (κ2) is 5.02. The van der Waals surface area contributed by atoms with Crippen molar-refractivity contribution >= 4 is 11.4 Å². The maximum atomic E-state index is 10.7. The summed E-state index contributed by atoms with van der Waals surface area (Å²) in [5, 5.41) is 29.2. The van der Waals surface area contributed by atoms with Crippen molar-refractivity contribution in [2.75, 3.05) is 18.0 Å². The molecule has 1 N–H and O–H groups in total. The van der Waals surface area contributed by atoms with E-state index in [4.69, 9.17) is 5.26 Å². The van der Waals surface area contributed by atoms with Crippen LogP contribution in [0.15, 0.2) is 18.2 Å². The highest BCUT2D eigenvalue weighted by molar-refractivity contribution is 5.60. The Bertz CT molecular complexity index is 510. The fraction of sp³-hybridized carbons (Fsp3) is 0.417. The third-order valence-electron chi connectivity index (χ3n) is 3.06. The van der Waals surface area contributed by atoms with E-state index in [9.17, 15) is 15.2 Å². The number of anilines is 1. The molecule has 1 heterocycles. The van der Waals surface area contributed by atoms with Gasteiger partial charge in [-0.25, -0.2) is 0 Å². The highest BCUT2D eigenvalue weighted by atomic mass is 16.6. The number of nitrogens with zero attached hydrogens (tertiary/aromatic N) is 3. The molecule has 1 aliphatic rings. The molecule has 0 radical (unpaired) electrons. The van der Waals surface area contributed by atoms with Gasteiger partial charge in [-0.05, 0) is 25.0 Å². The maximum absolute atomic E-state index is 10.7. The molecule has 1 aromatic carbocycles. The summed E-state index contributed by atoms with van der Waals surface area (Å²) in [5.74, 6) is 0. The van der Waals surface area contributed by atoms with Crippen molar-refractivity contribution in [3.63, 3.8) is 0 Å². The molecule has 94 valence electrons. The summed E-state index contributed by atoms with van der Waals surface area (Å²) >= 11 is 0. The molecule has 1 aliphatic heterocycles. The van der Waals surface area contributed by atoms with E-state index in [1.165, 1.54) is 12.1 Å². The maximum Gasteiger partial charge on any atom is 0.287 e. The highest BCUT2D eigenvalue weighted by Gasteiger charge is 2.20. The van der Waals surface area contributed by atoms with Crippen LogP contribution >= 0.6 is 0 Å². The average molecular weight is 247 g/mol. The van der Waals surface area contributed by atoms with Gasteiger partial charge in [0.2, 0.25) is 0 Å². The monoisotopic (exact) mass is 247 g/mol. The van der Waals surface area contributed by atoms with Gasteiger partial charge in [0.05, 0.1) is 11.0 Å². The second-order valence-corrected chi connectivity index (χ2v) is 4.31. The first-order valence-electron chi connectivity index (χ1n) is 5.73. The van der Waals surface area contributed by atoms with Crippen molar-refractivity contribution in [3.05, 3.63) is 33.9 Å². The molecule has 6 nitrogen and oxygen atoms in total. The predicted octanol–water partition coefficient (Wildman–Crippen LogP) is 1.43. The van der Waals surface area contributed by atoms with Crippen LogP contribution < -0.4 is 4.90 Å². The van der Waals surface area contributed by atoms with E-state index in [1.54, 1.807) is 6.07 Å². The van der Waals surface area contributed by atoms with Crippen LogP contribution in [0.4, 0.5) is 11.4 Å². The normalized spacial score (nSPS) is 19.3. The van der Waals surface area contributed by atoms with Crippen LogP contribution in [0.5, 0.6) is 0 Å². The molecule has 1 fully saturated rings. The smallest absolute Gasteiger partial charge is 0.287 e. The van der Waals surface area contributed by atoms with Crippen LogP contribution in [0.2, 0.25) is 0 Å². The number of hydrogen-bond acceptors (Lipinski definition) is 5. The minimum absolute atomic E-state index is 0.0533. The summed E-state index contributed by atoms with van der Waals surface area (Å²) in [5.41, 5.74) is 0.618. The molecular formula is C12H13N3O3. The SMILES string of the molecule is N#Cc1cc(N2CCC[C@H](O)C2)ccc1[N+](=O)[O-]. The number of aliphatic hydroxyl groups excluding tert-OH is 1. The molecule has 0 aromatic heterocycles. The molecule has 18 heavy (non-hydrogen) atoms. The standard InChI is InChI=1S/C12H13N3O3/c13-7-9-6-10(3-4-12(9)15(17)18)14-5-1-2-11(16)8-14/h3-4,6,11,16H,1-2,5,8H2/t11-/m0/s1. The van der Waals surface area contributed by atoms with E-state index in [0.29, 0.717) is 6.54 Å². The van der Waals surface area contributed by atoms with Crippen molar-refractivity contribution < 1.29 is 10.0 Å². The quantitative estimate of drug-likeness (QED) is 0.630. The first-order chi connectivity index (χ1) is 8.61. The molecule has 0 aliphatic carbocycles. The predicted molar refractivity (Wildman–Crippen MR) is 65.3 cm³/mol. The zero-order valence-electron chi connectivity index (χ0n) is 9.74. The summed E-state index contributed by atoms with van der Waals surface area (Å²) in [4.78, 5) is 12.1. The number of benzene rings is 1. The lowest BCUT2D eigenvalue weighted by Gasteiger charge is -2.31. The largest absolute Gasteiger partial charge is 0.391 e. The van der Waals surface area contributed by atoms with Crippen molar-refractivity contribution in [1.29, 1.82) is 5.26 Å². The molecule has 0 bridgehead atoms. The number of hydrogen-bond donors (Lipinski definition) is 1. The Kier molecular flexibility index (Phi) is 3.44. The molecule has 0 spiro atoms. The van der Waals surface area contributed by atoms with Crippen molar-refractivity contribution in [2.24, 2.45) is 0 Å². The Hall–Kier alpha value is -2.13. The summed E-state index contributed by atoms with van der Waals surface area (Å²) in [6.07, 6.45) is 1.27. The van der Waals surface area contributed by atoms with E-state index in [-0.39, 0.29) is 17.4 Å². The van der Waals surface area contributed by atoms with Crippen LogP contribution in [-0.4, -0.2) is 29.2 Å². The molecule has 1 aromatic rings. The second-order valence-electron chi connectivity index (χ2n) is 4.31. The summed E-state index contributed by atoms with van der Waals surface area (Å²) in [6, 6.07) is 6.31. The number of nitro groups is 1. The molecule has 0 saturated carbocycles. The van der Waals surface area contributed by atoms with E-state index >= 15 is 0 Å². The number of β-amino-alcohol motifs (C(OH)–C–C–N with tert-alkyl or cyclic N) is 1. The molecule has 2 rings (SSSR count). The molecular weight excluding hydrogens is 234 g/mol. The lowest BCUT2D eigenvalue weighted by molar-refractivity contribution is -0.385. The lowest BCUT2D eigenvalue weighted by atomic mass is 10.1. The van der Waals surface area contributed by atoms with E-state index in [0.717, 1.165) is 25.1 Å². The molecule has 0 amide bonds. The number of nitriles is 1. The first-order valence-corrected chi connectivity index (χ1v) is 5.73. The van der Waals surface area contributed by atoms with Gasteiger partial charge >= 0.3 is 0 Å². The number of nitro benzene ring substituents is 1. The Balaban J connectivity index is 2.30. The van der Waals surface area contributed by atoms with E-state index < -0.39 is 4.92 Å². The molecule has 6 heteroatoms. The van der Waals surface area contributed by atoms with Crippen LogP contribution in [0, 0.1) is 21.4 Å². The van der Waals surface area contributed by atoms with Gasteiger partial charge < -0.3 is 10.0 Å². The third-order valence-corrected chi connectivity index (χ3v) is 3.06. The van der Waals surface area contributed by atoms with Crippen molar-refractivity contribution in [2.45, 2.75) is 18.9 Å².